The summed E-state index contributed by atoms with van der Waals surface area (Å²) < 4.78 is 224. The summed E-state index contributed by atoms with van der Waals surface area (Å²) in [7, 11) is 0. The van der Waals surface area contributed by atoms with Crippen molar-refractivity contribution in [2.24, 2.45) is 0 Å². The van der Waals surface area contributed by atoms with Gasteiger partial charge in [0, 0.05) is 0 Å². The van der Waals surface area contributed by atoms with Crippen molar-refractivity contribution in [2.75, 3.05) is 0 Å². The average molecular weight is 546 g/mol. The Balaban J connectivity index is 1.87. The quantitative estimate of drug-likeness (QED) is 0.194. The summed E-state index contributed by atoms with van der Waals surface area (Å²) in [6, 6.07) is -22.1. The number of hydrogen-bond acceptors (Lipinski definition) is 0. The van der Waals surface area contributed by atoms with Crippen molar-refractivity contribution in [3.05, 3.63) is 157 Å². The number of fused-ring (bicyclic) bond motifs is 4. The fraction of sp³-hybridized carbons (Fsp3) is 0.0244. The van der Waals surface area contributed by atoms with Gasteiger partial charge in [-0.15, -0.1) is 0 Å². The predicted molar refractivity (Wildman–Crippen MR) is 178 cm³/mol. The summed E-state index contributed by atoms with van der Waals surface area (Å²) in [5.74, 6) is 0. The molecule has 192 valence electrons. The van der Waals surface area contributed by atoms with Crippen LogP contribution in [-0.4, -0.2) is 0 Å². The molecule has 0 heterocycles. The van der Waals surface area contributed by atoms with Gasteiger partial charge in [-0.1, -0.05) is 139 Å². The van der Waals surface area contributed by atoms with E-state index in [0.29, 0.717) is 0 Å². The lowest BCUT2D eigenvalue weighted by molar-refractivity contribution is 1.49. The van der Waals surface area contributed by atoms with Crippen molar-refractivity contribution in [3.63, 3.8) is 0 Å². The van der Waals surface area contributed by atoms with E-state index in [1.54, 1.807) is 0 Å². The maximum Gasteiger partial charge on any atom is 0.0636 e. The Hall–Kier alpha value is -5.20. The smallest absolute Gasteiger partial charge is 0.0622 e. The number of hydrogen-bond donors (Lipinski definition) is 0. The van der Waals surface area contributed by atoms with Gasteiger partial charge in [0.2, 0.25) is 0 Å². The highest BCUT2D eigenvalue weighted by atomic mass is 14.2. The average Bonchev–Trinajstić information content (AvgIpc) is 3.28. The molecule has 8 aromatic rings. The minimum atomic E-state index is -0.971. The highest BCUT2D eigenvalue weighted by Gasteiger charge is 2.21. The third-order valence-corrected chi connectivity index (χ3v) is 6.69. The minimum Gasteiger partial charge on any atom is -0.0622 e. The Morgan fingerprint density at radius 2 is 0.878 bits per heavy atom. The van der Waals surface area contributed by atoms with Gasteiger partial charge in [-0.2, -0.15) is 0 Å². The first-order chi connectivity index (χ1) is 30.7. The number of benzene rings is 8. The second-order valence-corrected chi connectivity index (χ2v) is 9.00. The maximum absolute atomic E-state index is 9.65. The highest BCUT2D eigenvalue weighted by Crippen LogP contribution is 2.48. The predicted octanol–water partition coefficient (Wildman–Crippen LogP) is 11.6. The van der Waals surface area contributed by atoms with Gasteiger partial charge in [-0.25, -0.2) is 0 Å². The third-order valence-electron chi connectivity index (χ3n) is 6.69. The molecule has 0 aliphatic heterocycles. The molecule has 0 amide bonds. The zero-order valence-corrected chi connectivity index (χ0v) is 21.0. The Labute approximate surface area is 275 Å². The van der Waals surface area contributed by atoms with Crippen molar-refractivity contribution in [1.29, 1.82) is 0 Å². The molecule has 0 spiro atoms. The van der Waals surface area contributed by atoms with Crippen molar-refractivity contribution >= 4 is 43.1 Å². The second kappa shape index (κ2) is 9.47. The van der Waals surface area contributed by atoms with Crippen LogP contribution in [0.25, 0.3) is 76.5 Å². The summed E-state index contributed by atoms with van der Waals surface area (Å²) in [6.45, 7) is 1.22. The molecular formula is C41H28. The Morgan fingerprint density at radius 3 is 1.51 bits per heavy atom. The summed E-state index contributed by atoms with van der Waals surface area (Å²) in [5.41, 5.74) is -4.37. The topological polar surface area (TPSA) is 0 Å². The van der Waals surface area contributed by atoms with Gasteiger partial charge in [0.05, 0.1) is 34.3 Å². The standard InChI is InChI=1S/C41H28/c1-27-19-24-37-39(33-22-20-28-11-5-7-15-31(28)25-33)35-17-9-10-18-36(35)40(41(37)38(27)30-13-3-2-4-14-30)34-23-21-29-12-6-8-16-32(29)26-34/h2-26H,1H3/i2D,3D,4D,5D,6D,7D,8D,9D,10D,11D,12D,13D,14D,15D,16D,17D,18D,19D,20D,21D,22D,23D,24D,25D,26D. The lowest BCUT2D eigenvalue weighted by Crippen LogP contribution is -1.95. The van der Waals surface area contributed by atoms with Gasteiger partial charge in [0.25, 0.3) is 0 Å². The fourth-order valence-corrected chi connectivity index (χ4v) is 4.97. The SMILES string of the molecule is [2H]c1c([2H])c([2H])c(-c2c(C)c([2H])c([2H])c3c(-c4c([2H])c([2H])c5c([2H])c([2H])c([2H])c([2H])c5c4[2H])c4c([2H])c([2H])c([2H])c([2H])c4c(-c4c([2H])c([2H])c5c([2H])c([2H])c([2H])c([2H])c5c4[2H])c23)c([2H])c1[2H]. The van der Waals surface area contributed by atoms with Crippen molar-refractivity contribution < 1.29 is 34.3 Å². The molecule has 0 N–H and O–H groups in total. The zero-order chi connectivity index (χ0) is 49.1. The summed E-state index contributed by atoms with van der Waals surface area (Å²) >= 11 is 0. The van der Waals surface area contributed by atoms with Crippen LogP contribution in [0.2, 0.25) is 0 Å². The van der Waals surface area contributed by atoms with E-state index in [1.807, 2.05) is 0 Å². The van der Waals surface area contributed by atoms with E-state index in [2.05, 4.69) is 0 Å². The first-order valence-corrected chi connectivity index (χ1v) is 12.2. The largest absolute Gasteiger partial charge is 0.0636 e. The van der Waals surface area contributed by atoms with Gasteiger partial charge in [0.15, 0.2) is 0 Å². The summed E-state index contributed by atoms with van der Waals surface area (Å²) in [6.07, 6.45) is 0. The molecule has 0 aliphatic carbocycles. The van der Waals surface area contributed by atoms with E-state index >= 15 is 0 Å². The minimum absolute atomic E-state index is 0.309. The van der Waals surface area contributed by atoms with E-state index in [1.165, 1.54) is 6.92 Å². The Morgan fingerprint density at radius 1 is 0.366 bits per heavy atom. The van der Waals surface area contributed by atoms with Crippen molar-refractivity contribution in [1.82, 2.24) is 0 Å². The lowest BCUT2D eigenvalue weighted by atomic mass is 9.81. The van der Waals surface area contributed by atoms with E-state index in [4.69, 9.17) is 23.3 Å². The van der Waals surface area contributed by atoms with Crippen LogP contribution < -0.4 is 0 Å². The second-order valence-electron chi connectivity index (χ2n) is 9.00. The Kier molecular flexibility index (Phi) is 2.18. The molecule has 41 heavy (non-hydrogen) atoms. The molecular weight excluding hydrogens is 492 g/mol. The molecule has 0 unspecified atom stereocenters. The van der Waals surface area contributed by atoms with E-state index < -0.39 is 228 Å². The Bertz CT molecular complexity index is 3620. The van der Waals surface area contributed by atoms with Crippen LogP contribution in [0.15, 0.2) is 151 Å². The van der Waals surface area contributed by atoms with E-state index in [9.17, 15) is 11.0 Å². The molecule has 0 bridgehead atoms. The maximum atomic E-state index is 9.65. The van der Waals surface area contributed by atoms with Gasteiger partial charge in [-0.05, 0) is 101 Å². The van der Waals surface area contributed by atoms with Gasteiger partial charge < -0.3 is 0 Å². The summed E-state index contributed by atoms with van der Waals surface area (Å²) in [5, 5.41) is -5.07. The molecule has 0 radical (unpaired) electrons. The van der Waals surface area contributed by atoms with Crippen LogP contribution in [0.5, 0.6) is 0 Å². The lowest BCUT2D eigenvalue weighted by Gasteiger charge is -2.22. The van der Waals surface area contributed by atoms with E-state index in [0.717, 1.165) is 0 Å². The number of rotatable bonds is 3. The third kappa shape index (κ3) is 3.84. The fourth-order valence-electron chi connectivity index (χ4n) is 4.97. The molecule has 0 heteroatoms. The van der Waals surface area contributed by atoms with Gasteiger partial charge >= 0.3 is 0 Å². The van der Waals surface area contributed by atoms with Crippen LogP contribution in [0.1, 0.15) is 39.8 Å². The molecule has 0 aromatic heterocycles. The van der Waals surface area contributed by atoms with E-state index in [-0.39, 0.29) is 5.56 Å². The molecule has 0 nitrogen and oxygen atoms in total. The zero-order valence-electron chi connectivity index (χ0n) is 46.0. The molecule has 0 saturated heterocycles. The molecule has 0 saturated carbocycles. The van der Waals surface area contributed by atoms with Gasteiger partial charge in [0.1, 0.15) is 0 Å². The molecule has 0 fully saturated rings. The normalized spacial score (nSPS) is 20.1. The van der Waals surface area contributed by atoms with Gasteiger partial charge in [-0.3, -0.25) is 0 Å². The molecule has 8 aromatic carbocycles. The molecule has 0 atom stereocenters. The first-order valence-electron chi connectivity index (χ1n) is 24.8. The van der Waals surface area contributed by atoms with Crippen LogP contribution in [0.3, 0.4) is 0 Å². The highest BCUT2D eigenvalue weighted by molar-refractivity contribution is 6.25. The van der Waals surface area contributed by atoms with Crippen molar-refractivity contribution in [2.45, 2.75) is 6.92 Å². The molecule has 8 rings (SSSR count). The monoisotopic (exact) mass is 545 g/mol. The van der Waals surface area contributed by atoms with Crippen LogP contribution in [-0.2, 0) is 0 Å². The van der Waals surface area contributed by atoms with Crippen molar-refractivity contribution in [3.8, 4) is 33.4 Å². The van der Waals surface area contributed by atoms with Crippen LogP contribution in [0, 0.1) is 6.92 Å². The van der Waals surface area contributed by atoms with Crippen LogP contribution >= 0.6 is 0 Å². The first kappa shape index (κ1) is 9.43. The molecule has 0 aliphatic rings. The van der Waals surface area contributed by atoms with Crippen LogP contribution in [0.4, 0.5) is 0 Å². The summed E-state index contributed by atoms with van der Waals surface area (Å²) in [4.78, 5) is 0.